The molecule has 1 aliphatic carbocycles. The summed E-state index contributed by atoms with van der Waals surface area (Å²) in [6, 6.07) is 3.92. The van der Waals surface area contributed by atoms with E-state index in [1.807, 2.05) is 44.2 Å². The van der Waals surface area contributed by atoms with Gasteiger partial charge in [-0.2, -0.15) is 4.31 Å². The minimum atomic E-state index is -3.54. The van der Waals surface area contributed by atoms with Gasteiger partial charge in [-0.25, -0.2) is 18.4 Å². The lowest BCUT2D eigenvalue weighted by Crippen LogP contribution is -2.49. The monoisotopic (exact) mass is 498 g/mol. The van der Waals surface area contributed by atoms with Gasteiger partial charge < -0.3 is 4.90 Å². The zero-order valence-corrected chi connectivity index (χ0v) is 22.4. The predicted octanol–water partition coefficient (Wildman–Crippen LogP) is 5.13. The van der Waals surface area contributed by atoms with Crippen molar-refractivity contribution in [1.82, 2.24) is 14.3 Å². The van der Waals surface area contributed by atoms with Crippen molar-refractivity contribution < 1.29 is 8.42 Å². The highest BCUT2D eigenvalue weighted by Crippen LogP contribution is 2.40. The first kappa shape index (κ1) is 23.7. The number of hydrogen-bond donors (Lipinski definition) is 0. The third-order valence-electron chi connectivity index (χ3n) is 7.07. The molecule has 3 aromatic rings. The fourth-order valence-electron chi connectivity index (χ4n) is 5.48. The van der Waals surface area contributed by atoms with Crippen LogP contribution in [0.2, 0.25) is 0 Å². The van der Waals surface area contributed by atoms with Gasteiger partial charge in [-0.3, -0.25) is 0 Å². The Balaban J connectivity index is 1.47. The second-order valence-electron chi connectivity index (χ2n) is 10.1. The molecule has 0 spiro atoms. The van der Waals surface area contributed by atoms with Crippen molar-refractivity contribution >= 4 is 37.4 Å². The van der Waals surface area contributed by atoms with Gasteiger partial charge in [0, 0.05) is 37.0 Å². The molecule has 0 bridgehead atoms. The summed E-state index contributed by atoms with van der Waals surface area (Å²) in [5.74, 6) is 2.13. The molecule has 0 saturated carbocycles. The third-order valence-corrected chi connectivity index (χ3v) is 10.5. The highest BCUT2D eigenvalue weighted by Gasteiger charge is 2.33. The van der Waals surface area contributed by atoms with Crippen molar-refractivity contribution in [3.8, 4) is 0 Å². The zero-order valence-electron chi connectivity index (χ0n) is 20.8. The van der Waals surface area contributed by atoms with E-state index in [0.29, 0.717) is 31.1 Å². The van der Waals surface area contributed by atoms with Gasteiger partial charge in [-0.1, -0.05) is 31.5 Å². The van der Waals surface area contributed by atoms with Crippen LogP contribution in [-0.2, 0) is 22.9 Å². The molecular formula is C26H34N4O2S2. The first-order chi connectivity index (χ1) is 16.2. The Hall–Kier alpha value is -2.03. The fourth-order valence-corrected chi connectivity index (χ4v) is 8.58. The largest absolute Gasteiger partial charge is 0.353 e. The number of piperazine rings is 1. The van der Waals surface area contributed by atoms with E-state index in [9.17, 15) is 8.42 Å². The lowest BCUT2D eigenvalue weighted by atomic mass is 9.96. The van der Waals surface area contributed by atoms with Crippen LogP contribution >= 0.6 is 11.3 Å². The van der Waals surface area contributed by atoms with Crippen LogP contribution in [0, 0.1) is 20.8 Å². The molecule has 0 atom stereocenters. The lowest BCUT2D eigenvalue weighted by Gasteiger charge is -2.36. The van der Waals surface area contributed by atoms with Crippen molar-refractivity contribution in [3.63, 3.8) is 0 Å². The summed E-state index contributed by atoms with van der Waals surface area (Å²) >= 11 is 1.83. The highest BCUT2D eigenvalue weighted by molar-refractivity contribution is 7.89. The maximum atomic E-state index is 13.6. The molecular weight excluding hydrogens is 464 g/mol. The Kier molecular flexibility index (Phi) is 6.19. The SMILES string of the molecule is Cc1cc(C)c(S(=O)(=O)N2CCN(c3nc(C(C)C)nc4sc5c(c34)CCCC5)CC2)c(C)c1. The third kappa shape index (κ3) is 4.03. The maximum Gasteiger partial charge on any atom is 0.243 e. The number of aromatic nitrogens is 2. The maximum absolute atomic E-state index is 13.6. The molecule has 0 amide bonds. The van der Waals surface area contributed by atoms with Gasteiger partial charge >= 0.3 is 0 Å². The molecule has 1 fully saturated rings. The summed E-state index contributed by atoms with van der Waals surface area (Å²) in [6.07, 6.45) is 4.68. The number of hydrogen-bond acceptors (Lipinski definition) is 6. The molecule has 0 unspecified atom stereocenters. The lowest BCUT2D eigenvalue weighted by molar-refractivity contribution is 0.383. The summed E-state index contributed by atoms with van der Waals surface area (Å²) in [7, 11) is -3.54. The topological polar surface area (TPSA) is 66.4 Å². The number of aryl methyl sites for hydroxylation is 5. The van der Waals surface area contributed by atoms with Crippen LogP contribution in [0.3, 0.4) is 0 Å². The molecule has 2 aromatic heterocycles. The summed E-state index contributed by atoms with van der Waals surface area (Å²) in [5, 5.41) is 1.21. The van der Waals surface area contributed by atoms with Gasteiger partial charge in [-0.05, 0) is 63.1 Å². The molecule has 0 radical (unpaired) electrons. The van der Waals surface area contributed by atoms with Gasteiger partial charge in [-0.15, -0.1) is 11.3 Å². The molecule has 6 nitrogen and oxygen atoms in total. The van der Waals surface area contributed by atoms with Gasteiger partial charge in [0.05, 0.1) is 10.3 Å². The Bertz CT molecular complexity index is 1330. The first-order valence-corrected chi connectivity index (χ1v) is 14.6. The molecule has 8 heteroatoms. The number of anilines is 1. The van der Waals surface area contributed by atoms with Gasteiger partial charge in [0.1, 0.15) is 16.5 Å². The second kappa shape index (κ2) is 8.88. The molecule has 2 aliphatic rings. The van der Waals surface area contributed by atoms with Crippen molar-refractivity contribution in [2.45, 2.75) is 71.1 Å². The minimum Gasteiger partial charge on any atom is -0.353 e. The van der Waals surface area contributed by atoms with Crippen LogP contribution in [0.4, 0.5) is 5.82 Å². The summed E-state index contributed by atoms with van der Waals surface area (Å²) in [5.41, 5.74) is 4.16. The van der Waals surface area contributed by atoms with Gasteiger partial charge in [0.2, 0.25) is 10.0 Å². The fraction of sp³-hybridized carbons (Fsp3) is 0.538. The Labute approximate surface area is 207 Å². The molecule has 1 aromatic carbocycles. The van der Waals surface area contributed by atoms with Crippen LogP contribution in [0.5, 0.6) is 0 Å². The number of thiophene rings is 1. The minimum absolute atomic E-state index is 0.247. The summed E-state index contributed by atoms with van der Waals surface area (Å²) < 4.78 is 28.8. The van der Waals surface area contributed by atoms with E-state index in [2.05, 4.69) is 18.7 Å². The van der Waals surface area contributed by atoms with E-state index in [1.165, 1.54) is 28.7 Å². The predicted molar refractivity (Wildman–Crippen MR) is 140 cm³/mol. The Morgan fingerprint density at radius 3 is 2.24 bits per heavy atom. The number of benzene rings is 1. The molecule has 0 N–H and O–H groups in total. The molecule has 34 heavy (non-hydrogen) atoms. The number of fused-ring (bicyclic) bond motifs is 3. The van der Waals surface area contributed by atoms with Crippen molar-refractivity contribution in [2.24, 2.45) is 0 Å². The zero-order chi connectivity index (χ0) is 24.2. The van der Waals surface area contributed by atoms with Gasteiger partial charge in [0.25, 0.3) is 0 Å². The second-order valence-corrected chi connectivity index (χ2v) is 13.0. The molecule has 5 rings (SSSR count). The van der Waals surface area contributed by atoms with Crippen LogP contribution in [0.1, 0.15) is 65.6 Å². The number of sulfonamides is 1. The standard InChI is InChI=1S/C26H34N4O2S2/c1-16(2)24-27-25(22-20-8-6-7-9-21(20)33-26(22)28-24)29-10-12-30(13-11-29)34(31,32)23-18(4)14-17(3)15-19(23)5/h14-16H,6-13H2,1-5H3. The van der Waals surface area contributed by atoms with Crippen LogP contribution in [-0.4, -0.2) is 48.9 Å². The quantitative estimate of drug-likeness (QED) is 0.499. The Morgan fingerprint density at radius 1 is 0.941 bits per heavy atom. The van der Waals surface area contributed by atoms with E-state index in [0.717, 1.165) is 46.0 Å². The average Bonchev–Trinajstić information content (AvgIpc) is 3.16. The first-order valence-electron chi connectivity index (χ1n) is 12.3. The summed E-state index contributed by atoms with van der Waals surface area (Å²) in [4.78, 5) is 15.3. The molecule has 3 heterocycles. The highest BCUT2D eigenvalue weighted by atomic mass is 32.2. The van der Waals surface area contributed by atoms with E-state index in [4.69, 9.17) is 9.97 Å². The normalized spacial score (nSPS) is 17.5. The molecule has 1 saturated heterocycles. The molecule has 182 valence electrons. The van der Waals surface area contributed by atoms with Gasteiger partial charge in [0.15, 0.2) is 0 Å². The van der Waals surface area contributed by atoms with Crippen molar-refractivity contribution in [2.75, 3.05) is 31.1 Å². The van der Waals surface area contributed by atoms with E-state index < -0.39 is 10.0 Å². The average molecular weight is 499 g/mol. The van der Waals surface area contributed by atoms with E-state index in [-0.39, 0.29) is 5.92 Å². The molecule has 1 aliphatic heterocycles. The number of rotatable bonds is 4. The van der Waals surface area contributed by atoms with Crippen LogP contribution in [0.15, 0.2) is 17.0 Å². The van der Waals surface area contributed by atoms with E-state index in [1.54, 1.807) is 4.31 Å². The van der Waals surface area contributed by atoms with Crippen LogP contribution in [0.25, 0.3) is 10.2 Å². The van der Waals surface area contributed by atoms with E-state index >= 15 is 0 Å². The van der Waals surface area contributed by atoms with Crippen LogP contribution < -0.4 is 4.90 Å². The van der Waals surface area contributed by atoms with Crippen molar-refractivity contribution in [3.05, 3.63) is 45.1 Å². The smallest absolute Gasteiger partial charge is 0.243 e. The Morgan fingerprint density at radius 2 is 1.59 bits per heavy atom. The summed E-state index contributed by atoms with van der Waals surface area (Å²) in [6.45, 7) is 12.3. The van der Waals surface area contributed by atoms with Crippen molar-refractivity contribution in [1.29, 1.82) is 0 Å². The number of nitrogens with zero attached hydrogens (tertiary/aromatic N) is 4.